The molecule has 1 amide bonds. The summed E-state index contributed by atoms with van der Waals surface area (Å²) >= 11 is 6.18. The van der Waals surface area contributed by atoms with Crippen molar-refractivity contribution in [2.24, 2.45) is 0 Å². The highest BCUT2D eigenvalue weighted by atomic mass is 35.5. The van der Waals surface area contributed by atoms with Crippen molar-refractivity contribution in [3.05, 3.63) is 47.2 Å². The van der Waals surface area contributed by atoms with Crippen LogP contribution >= 0.6 is 11.6 Å². The first-order valence-electron chi connectivity index (χ1n) is 5.67. The number of halogens is 1. The van der Waals surface area contributed by atoms with Crippen LogP contribution in [0.5, 0.6) is 5.75 Å². The minimum atomic E-state index is -0.229. The van der Waals surface area contributed by atoms with E-state index in [1.165, 1.54) is 12.4 Å². The van der Waals surface area contributed by atoms with Crippen molar-refractivity contribution in [3.63, 3.8) is 0 Å². The van der Waals surface area contributed by atoms with E-state index in [1.807, 2.05) is 24.3 Å². The van der Waals surface area contributed by atoms with Gasteiger partial charge in [-0.1, -0.05) is 23.7 Å². The molecule has 4 nitrogen and oxygen atoms in total. The van der Waals surface area contributed by atoms with Gasteiger partial charge >= 0.3 is 0 Å². The number of amides is 1. The molecular weight excluding hydrogens is 264 g/mol. The highest BCUT2D eigenvalue weighted by Gasteiger charge is 2.15. The van der Waals surface area contributed by atoms with E-state index in [1.54, 1.807) is 14.2 Å². The standard InChI is InChI=1S/C14H13ClN2O2/c1-16-14(18)11-7-17-8-12(15)13(11)9-4-3-5-10(6-9)19-2/h3-8H,1-2H3,(H,16,18). The van der Waals surface area contributed by atoms with Crippen LogP contribution in [0.4, 0.5) is 0 Å². The van der Waals surface area contributed by atoms with E-state index < -0.39 is 0 Å². The van der Waals surface area contributed by atoms with Gasteiger partial charge in [0.05, 0.1) is 17.7 Å². The van der Waals surface area contributed by atoms with Gasteiger partial charge in [0.15, 0.2) is 0 Å². The van der Waals surface area contributed by atoms with Crippen molar-refractivity contribution < 1.29 is 9.53 Å². The van der Waals surface area contributed by atoms with E-state index in [-0.39, 0.29) is 5.91 Å². The van der Waals surface area contributed by atoms with E-state index >= 15 is 0 Å². The van der Waals surface area contributed by atoms with Gasteiger partial charge in [-0.05, 0) is 17.7 Å². The molecule has 2 rings (SSSR count). The highest BCUT2D eigenvalue weighted by Crippen LogP contribution is 2.32. The highest BCUT2D eigenvalue weighted by molar-refractivity contribution is 6.34. The molecule has 0 saturated heterocycles. The lowest BCUT2D eigenvalue weighted by atomic mass is 10.0. The average molecular weight is 277 g/mol. The fraction of sp³-hybridized carbons (Fsp3) is 0.143. The molecule has 0 bridgehead atoms. The van der Waals surface area contributed by atoms with Crippen LogP contribution in [0.25, 0.3) is 11.1 Å². The predicted molar refractivity (Wildman–Crippen MR) is 74.6 cm³/mol. The quantitative estimate of drug-likeness (QED) is 0.938. The van der Waals surface area contributed by atoms with Crippen LogP contribution in [0.1, 0.15) is 10.4 Å². The van der Waals surface area contributed by atoms with Crippen molar-refractivity contribution in [2.45, 2.75) is 0 Å². The number of benzene rings is 1. The Morgan fingerprint density at radius 3 is 2.84 bits per heavy atom. The second-order valence-electron chi connectivity index (χ2n) is 3.85. The molecular formula is C14H13ClN2O2. The Morgan fingerprint density at radius 2 is 2.16 bits per heavy atom. The summed E-state index contributed by atoms with van der Waals surface area (Å²) in [4.78, 5) is 15.8. The van der Waals surface area contributed by atoms with Gasteiger partial charge in [0.1, 0.15) is 5.75 Å². The molecule has 1 heterocycles. The van der Waals surface area contributed by atoms with E-state index in [2.05, 4.69) is 10.3 Å². The topological polar surface area (TPSA) is 51.2 Å². The second-order valence-corrected chi connectivity index (χ2v) is 4.26. The molecule has 1 aromatic heterocycles. The summed E-state index contributed by atoms with van der Waals surface area (Å²) in [6.07, 6.45) is 3.02. The summed E-state index contributed by atoms with van der Waals surface area (Å²) in [6.45, 7) is 0. The summed E-state index contributed by atoms with van der Waals surface area (Å²) in [7, 11) is 3.16. The molecule has 0 aliphatic rings. The molecule has 0 radical (unpaired) electrons. The number of hydrogen-bond acceptors (Lipinski definition) is 3. The molecule has 98 valence electrons. The summed E-state index contributed by atoms with van der Waals surface area (Å²) in [6, 6.07) is 7.38. The van der Waals surface area contributed by atoms with Crippen LogP contribution in [0.15, 0.2) is 36.7 Å². The minimum Gasteiger partial charge on any atom is -0.497 e. The van der Waals surface area contributed by atoms with Crippen LogP contribution in [0.2, 0.25) is 5.02 Å². The summed E-state index contributed by atoms with van der Waals surface area (Å²) in [5, 5.41) is 3.00. The zero-order valence-corrected chi connectivity index (χ0v) is 11.4. The molecule has 0 aliphatic heterocycles. The monoisotopic (exact) mass is 276 g/mol. The van der Waals surface area contributed by atoms with Crippen LogP contribution in [-0.2, 0) is 0 Å². The first-order valence-corrected chi connectivity index (χ1v) is 6.05. The lowest BCUT2D eigenvalue weighted by Crippen LogP contribution is -2.19. The van der Waals surface area contributed by atoms with Crippen molar-refractivity contribution in [3.8, 4) is 16.9 Å². The number of methoxy groups -OCH3 is 1. The normalized spacial score (nSPS) is 10.1. The Morgan fingerprint density at radius 1 is 1.37 bits per heavy atom. The third kappa shape index (κ3) is 2.69. The van der Waals surface area contributed by atoms with E-state index in [0.717, 1.165) is 5.56 Å². The first kappa shape index (κ1) is 13.4. The third-order valence-electron chi connectivity index (χ3n) is 2.73. The van der Waals surface area contributed by atoms with Crippen LogP contribution in [0, 0.1) is 0 Å². The molecule has 0 saturated carbocycles. The molecule has 19 heavy (non-hydrogen) atoms. The van der Waals surface area contributed by atoms with Gasteiger partial charge < -0.3 is 10.1 Å². The lowest BCUT2D eigenvalue weighted by Gasteiger charge is -2.11. The van der Waals surface area contributed by atoms with Gasteiger partial charge in [-0.2, -0.15) is 0 Å². The Bertz CT molecular complexity index is 614. The fourth-order valence-corrected chi connectivity index (χ4v) is 2.08. The number of pyridine rings is 1. The fourth-order valence-electron chi connectivity index (χ4n) is 1.81. The van der Waals surface area contributed by atoms with Crippen molar-refractivity contribution in [2.75, 3.05) is 14.2 Å². The van der Waals surface area contributed by atoms with Gasteiger partial charge in [0.2, 0.25) is 0 Å². The number of hydrogen-bond donors (Lipinski definition) is 1. The Balaban J connectivity index is 2.63. The smallest absolute Gasteiger partial charge is 0.253 e. The van der Waals surface area contributed by atoms with Crippen LogP contribution < -0.4 is 10.1 Å². The maximum atomic E-state index is 11.9. The zero-order chi connectivity index (χ0) is 13.8. The Hall–Kier alpha value is -2.07. The van der Waals surface area contributed by atoms with Gasteiger partial charge in [0, 0.05) is 25.0 Å². The molecule has 0 unspecified atom stereocenters. The van der Waals surface area contributed by atoms with Gasteiger partial charge in [-0.3, -0.25) is 9.78 Å². The van der Waals surface area contributed by atoms with E-state index in [4.69, 9.17) is 16.3 Å². The molecule has 1 aromatic carbocycles. The van der Waals surface area contributed by atoms with Crippen molar-refractivity contribution in [1.29, 1.82) is 0 Å². The molecule has 0 atom stereocenters. The third-order valence-corrected chi connectivity index (χ3v) is 3.02. The molecule has 2 aromatic rings. The summed E-state index contributed by atoms with van der Waals surface area (Å²) in [5.41, 5.74) is 1.89. The van der Waals surface area contributed by atoms with E-state index in [0.29, 0.717) is 21.9 Å². The van der Waals surface area contributed by atoms with Crippen molar-refractivity contribution in [1.82, 2.24) is 10.3 Å². The number of ether oxygens (including phenoxy) is 1. The number of nitrogens with one attached hydrogen (secondary N) is 1. The summed E-state index contributed by atoms with van der Waals surface area (Å²) in [5.74, 6) is 0.473. The average Bonchev–Trinajstić information content (AvgIpc) is 2.46. The van der Waals surface area contributed by atoms with Crippen LogP contribution in [0.3, 0.4) is 0 Å². The van der Waals surface area contributed by atoms with Crippen LogP contribution in [-0.4, -0.2) is 25.0 Å². The maximum absolute atomic E-state index is 11.9. The number of rotatable bonds is 3. The molecule has 0 spiro atoms. The summed E-state index contributed by atoms with van der Waals surface area (Å²) < 4.78 is 5.18. The second kappa shape index (κ2) is 5.71. The van der Waals surface area contributed by atoms with Gasteiger partial charge in [-0.25, -0.2) is 0 Å². The Kier molecular flexibility index (Phi) is 4.02. The number of aromatic nitrogens is 1. The van der Waals surface area contributed by atoms with Gasteiger partial charge in [0.25, 0.3) is 5.91 Å². The maximum Gasteiger partial charge on any atom is 0.253 e. The predicted octanol–water partition coefficient (Wildman–Crippen LogP) is 2.77. The minimum absolute atomic E-state index is 0.229. The molecule has 1 N–H and O–H groups in total. The van der Waals surface area contributed by atoms with Gasteiger partial charge in [-0.15, -0.1) is 0 Å². The van der Waals surface area contributed by atoms with Crippen molar-refractivity contribution >= 4 is 17.5 Å². The number of carbonyl (C=O) groups is 1. The number of carbonyl (C=O) groups excluding carboxylic acids is 1. The Labute approximate surface area is 116 Å². The zero-order valence-electron chi connectivity index (χ0n) is 10.6. The SMILES string of the molecule is CNC(=O)c1cncc(Cl)c1-c1cccc(OC)c1. The van der Waals surface area contributed by atoms with E-state index in [9.17, 15) is 4.79 Å². The molecule has 0 aliphatic carbocycles. The lowest BCUT2D eigenvalue weighted by molar-refractivity contribution is 0.0963. The molecule has 0 fully saturated rings. The molecule has 5 heteroatoms. The number of nitrogens with zero attached hydrogens (tertiary/aromatic N) is 1. The first-order chi connectivity index (χ1) is 9.17. The largest absolute Gasteiger partial charge is 0.497 e.